The summed E-state index contributed by atoms with van der Waals surface area (Å²) >= 11 is 0. The fraction of sp³-hybridized carbons (Fsp3) is 0.300. The van der Waals surface area contributed by atoms with Gasteiger partial charge in [0, 0.05) is 6.54 Å². The monoisotopic (exact) mass is 178 g/mol. The summed E-state index contributed by atoms with van der Waals surface area (Å²) in [5, 5.41) is 0. The second kappa shape index (κ2) is 4.62. The smallest absolute Gasteiger partial charge is 0.138 e. The van der Waals surface area contributed by atoms with E-state index in [0.29, 0.717) is 13.2 Å². The van der Waals surface area contributed by atoms with Gasteiger partial charge in [0.2, 0.25) is 0 Å². The summed E-state index contributed by atoms with van der Waals surface area (Å²) in [5.41, 5.74) is 7.26. The third-order valence-electron chi connectivity index (χ3n) is 1.49. The van der Waals surface area contributed by atoms with E-state index in [-0.39, 0.29) is 0 Å². The Morgan fingerprint density at radius 1 is 1.62 bits per heavy atom. The van der Waals surface area contributed by atoms with Gasteiger partial charge in [0.1, 0.15) is 12.4 Å². The van der Waals surface area contributed by atoms with Gasteiger partial charge in [-0.3, -0.25) is 4.98 Å². The molecule has 0 unspecified atom stereocenters. The Balaban J connectivity index is 2.54. The van der Waals surface area contributed by atoms with Crippen LogP contribution in [0.1, 0.15) is 12.6 Å². The zero-order chi connectivity index (χ0) is 9.68. The van der Waals surface area contributed by atoms with Gasteiger partial charge in [-0.1, -0.05) is 6.58 Å². The number of hydrogen-bond acceptors (Lipinski definition) is 3. The topological polar surface area (TPSA) is 48.1 Å². The second-order valence-electron chi connectivity index (χ2n) is 2.94. The molecule has 0 spiro atoms. The van der Waals surface area contributed by atoms with Crippen molar-refractivity contribution in [3.63, 3.8) is 0 Å². The summed E-state index contributed by atoms with van der Waals surface area (Å²) in [4.78, 5) is 4.10. The molecule has 0 aliphatic rings. The van der Waals surface area contributed by atoms with Gasteiger partial charge in [0.05, 0.1) is 11.9 Å². The van der Waals surface area contributed by atoms with Gasteiger partial charge in [0.15, 0.2) is 0 Å². The summed E-state index contributed by atoms with van der Waals surface area (Å²) in [7, 11) is 0. The molecule has 0 amide bonds. The first-order valence-corrected chi connectivity index (χ1v) is 4.14. The van der Waals surface area contributed by atoms with Crippen LogP contribution in [-0.4, -0.2) is 11.6 Å². The van der Waals surface area contributed by atoms with Gasteiger partial charge in [-0.2, -0.15) is 0 Å². The number of aromatic nitrogens is 1. The quantitative estimate of drug-likeness (QED) is 0.711. The highest BCUT2D eigenvalue weighted by Crippen LogP contribution is 2.09. The van der Waals surface area contributed by atoms with Crippen molar-refractivity contribution in [2.75, 3.05) is 6.61 Å². The molecule has 13 heavy (non-hydrogen) atoms. The predicted molar refractivity (Wildman–Crippen MR) is 52.4 cm³/mol. The van der Waals surface area contributed by atoms with Gasteiger partial charge in [-0.25, -0.2) is 0 Å². The Morgan fingerprint density at radius 2 is 2.38 bits per heavy atom. The lowest BCUT2D eigenvalue weighted by Gasteiger charge is -2.05. The van der Waals surface area contributed by atoms with Gasteiger partial charge in [-0.15, -0.1) is 0 Å². The zero-order valence-corrected chi connectivity index (χ0v) is 7.79. The molecule has 0 aromatic carbocycles. The lowest BCUT2D eigenvalue weighted by molar-refractivity contribution is 0.351. The van der Waals surface area contributed by atoms with Crippen LogP contribution in [0.5, 0.6) is 5.75 Å². The molecule has 0 saturated heterocycles. The van der Waals surface area contributed by atoms with Crippen molar-refractivity contribution in [1.29, 1.82) is 0 Å². The largest absolute Gasteiger partial charge is 0.488 e. The van der Waals surface area contributed by atoms with Crippen LogP contribution in [0.3, 0.4) is 0 Å². The van der Waals surface area contributed by atoms with Crippen molar-refractivity contribution in [2.24, 2.45) is 5.73 Å². The molecule has 0 fully saturated rings. The first kappa shape index (κ1) is 9.74. The molecule has 3 heteroatoms. The fourth-order valence-corrected chi connectivity index (χ4v) is 0.824. The van der Waals surface area contributed by atoms with Crippen molar-refractivity contribution < 1.29 is 4.74 Å². The average Bonchev–Trinajstić information content (AvgIpc) is 2.15. The molecule has 0 bridgehead atoms. The average molecular weight is 178 g/mol. The zero-order valence-electron chi connectivity index (χ0n) is 7.79. The van der Waals surface area contributed by atoms with E-state index < -0.39 is 0 Å². The van der Waals surface area contributed by atoms with Crippen LogP contribution < -0.4 is 10.5 Å². The summed E-state index contributed by atoms with van der Waals surface area (Å²) in [6.45, 7) is 6.65. The minimum Gasteiger partial charge on any atom is -0.488 e. The van der Waals surface area contributed by atoms with E-state index in [1.54, 1.807) is 6.20 Å². The van der Waals surface area contributed by atoms with E-state index in [4.69, 9.17) is 10.5 Å². The highest BCUT2D eigenvalue weighted by molar-refractivity contribution is 5.20. The van der Waals surface area contributed by atoms with E-state index in [9.17, 15) is 0 Å². The van der Waals surface area contributed by atoms with Crippen LogP contribution in [0.4, 0.5) is 0 Å². The van der Waals surface area contributed by atoms with Crippen LogP contribution in [0, 0.1) is 0 Å². The standard InChI is InChI=1S/C10H14N2O/c1-8(2)7-13-10-4-3-9(5-11)12-6-10/h3-4,6H,1,5,7,11H2,2H3. The van der Waals surface area contributed by atoms with Gasteiger partial charge in [-0.05, 0) is 24.6 Å². The lowest BCUT2D eigenvalue weighted by atomic mass is 10.3. The molecule has 0 radical (unpaired) electrons. The third kappa shape index (κ3) is 3.25. The molecule has 3 nitrogen and oxygen atoms in total. The van der Waals surface area contributed by atoms with E-state index >= 15 is 0 Å². The number of hydrogen-bond donors (Lipinski definition) is 1. The fourth-order valence-electron chi connectivity index (χ4n) is 0.824. The van der Waals surface area contributed by atoms with Crippen molar-refractivity contribution in [1.82, 2.24) is 4.98 Å². The van der Waals surface area contributed by atoms with Crippen LogP contribution in [0.2, 0.25) is 0 Å². The number of nitrogens with two attached hydrogens (primary N) is 1. The molecule has 1 aromatic heterocycles. The molecule has 0 aliphatic carbocycles. The van der Waals surface area contributed by atoms with E-state index in [0.717, 1.165) is 17.0 Å². The molecular formula is C10H14N2O. The normalized spacial score (nSPS) is 9.69. The predicted octanol–water partition coefficient (Wildman–Crippen LogP) is 1.50. The van der Waals surface area contributed by atoms with E-state index in [2.05, 4.69) is 11.6 Å². The van der Waals surface area contributed by atoms with Crippen molar-refractivity contribution in [2.45, 2.75) is 13.5 Å². The van der Waals surface area contributed by atoms with Crippen LogP contribution in [0.15, 0.2) is 30.5 Å². The van der Waals surface area contributed by atoms with Crippen molar-refractivity contribution >= 4 is 0 Å². The number of ether oxygens (including phenoxy) is 1. The highest BCUT2D eigenvalue weighted by Gasteiger charge is 1.94. The second-order valence-corrected chi connectivity index (χ2v) is 2.94. The number of pyridine rings is 1. The maximum absolute atomic E-state index is 5.40. The maximum Gasteiger partial charge on any atom is 0.138 e. The molecule has 1 rings (SSSR count). The Kier molecular flexibility index (Phi) is 3.46. The van der Waals surface area contributed by atoms with Crippen molar-refractivity contribution in [3.8, 4) is 5.75 Å². The molecule has 0 saturated carbocycles. The molecule has 2 N–H and O–H groups in total. The molecular weight excluding hydrogens is 164 g/mol. The summed E-state index contributed by atoms with van der Waals surface area (Å²) in [6, 6.07) is 3.71. The van der Waals surface area contributed by atoms with E-state index in [1.807, 2.05) is 19.1 Å². The minimum absolute atomic E-state index is 0.459. The van der Waals surface area contributed by atoms with Crippen LogP contribution in [-0.2, 0) is 6.54 Å². The molecule has 1 heterocycles. The molecule has 1 aromatic rings. The number of rotatable bonds is 4. The summed E-state index contributed by atoms with van der Waals surface area (Å²) < 4.78 is 5.36. The van der Waals surface area contributed by atoms with Gasteiger partial charge in [0.25, 0.3) is 0 Å². The van der Waals surface area contributed by atoms with Gasteiger partial charge >= 0.3 is 0 Å². The Hall–Kier alpha value is -1.35. The first-order valence-electron chi connectivity index (χ1n) is 4.14. The maximum atomic E-state index is 5.40. The van der Waals surface area contributed by atoms with E-state index in [1.165, 1.54) is 0 Å². The molecule has 0 atom stereocenters. The third-order valence-corrected chi connectivity index (χ3v) is 1.49. The number of nitrogens with zero attached hydrogens (tertiary/aromatic N) is 1. The summed E-state index contributed by atoms with van der Waals surface area (Å²) in [5.74, 6) is 0.750. The Morgan fingerprint density at radius 3 is 2.85 bits per heavy atom. The van der Waals surface area contributed by atoms with Crippen LogP contribution >= 0.6 is 0 Å². The molecule has 70 valence electrons. The first-order chi connectivity index (χ1) is 6.22. The van der Waals surface area contributed by atoms with Crippen molar-refractivity contribution in [3.05, 3.63) is 36.2 Å². The summed E-state index contributed by atoms with van der Waals surface area (Å²) in [6.07, 6.45) is 1.67. The SMILES string of the molecule is C=C(C)COc1ccc(CN)nc1. The molecule has 0 aliphatic heterocycles. The minimum atomic E-state index is 0.459. The Bertz CT molecular complexity index is 279. The van der Waals surface area contributed by atoms with Crippen LogP contribution in [0.25, 0.3) is 0 Å². The lowest BCUT2D eigenvalue weighted by Crippen LogP contribution is -2.01. The van der Waals surface area contributed by atoms with Gasteiger partial charge < -0.3 is 10.5 Å². The Labute approximate surface area is 78.2 Å². The highest BCUT2D eigenvalue weighted by atomic mass is 16.5.